The van der Waals surface area contributed by atoms with Gasteiger partial charge in [0.05, 0.1) is 0 Å². The first kappa shape index (κ1) is 13.4. The van der Waals surface area contributed by atoms with E-state index in [0.29, 0.717) is 0 Å². The molecule has 0 atom stereocenters. The minimum atomic E-state index is 1.05. The van der Waals surface area contributed by atoms with Gasteiger partial charge in [-0.15, -0.1) is 0 Å². The number of aryl methyl sites for hydroxylation is 2. The molecule has 0 saturated carbocycles. The molecule has 0 aromatic heterocycles. The van der Waals surface area contributed by atoms with Gasteiger partial charge in [-0.1, -0.05) is 67.8 Å². The first-order chi connectivity index (χ1) is 9.26. The molecule has 96 valence electrons. The topological polar surface area (TPSA) is 0 Å². The molecule has 19 heavy (non-hydrogen) atoms. The van der Waals surface area contributed by atoms with Crippen molar-refractivity contribution in [3.63, 3.8) is 0 Å². The molecule has 2 aromatic carbocycles. The van der Waals surface area contributed by atoms with E-state index in [1.165, 1.54) is 27.8 Å². The molecule has 0 aliphatic rings. The second-order valence-corrected chi connectivity index (χ2v) is 4.74. The first-order valence-electron chi connectivity index (χ1n) is 6.67. The molecule has 0 bridgehead atoms. The Morgan fingerprint density at radius 1 is 0.789 bits per heavy atom. The molecule has 0 amide bonds. The van der Waals surface area contributed by atoms with Crippen LogP contribution < -0.4 is 0 Å². The standard InChI is InChI=1S/C19H20/c1-4-16-11-8-12-18(15(16)3)13-14-19-10-7-6-9-17(19)5-2/h4-12H,1-2,13-14H2,3H3. The average Bonchev–Trinajstić information content (AvgIpc) is 2.46. The minimum absolute atomic E-state index is 1.05. The second-order valence-electron chi connectivity index (χ2n) is 4.74. The lowest BCUT2D eigenvalue weighted by Crippen LogP contribution is -1.97. The molecular weight excluding hydrogens is 228 g/mol. The smallest absolute Gasteiger partial charge is 0.0230 e. The van der Waals surface area contributed by atoms with Crippen molar-refractivity contribution in [2.24, 2.45) is 0 Å². The molecule has 0 nitrogen and oxygen atoms in total. The van der Waals surface area contributed by atoms with Crippen molar-refractivity contribution < 1.29 is 0 Å². The number of hydrogen-bond acceptors (Lipinski definition) is 0. The third-order valence-electron chi connectivity index (χ3n) is 3.65. The summed E-state index contributed by atoms with van der Waals surface area (Å²) in [5, 5.41) is 0. The lowest BCUT2D eigenvalue weighted by molar-refractivity contribution is 0.946. The van der Waals surface area contributed by atoms with E-state index in [1.54, 1.807) is 0 Å². The van der Waals surface area contributed by atoms with Gasteiger partial charge in [-0.25, -0.2) is 0 Å². The predicted octanol–water partition coefficient (Wildman–Crippen LogP) is 5.07. The van der Waals surface area contributed by atoms with Gasteiger partial charge < -0.3 is 0 Å². The normalized spacial score (nSPS) is 10.2. The van der Waals surface area contributed by atoms with Crippen molar-refractivity contribution in [3.05, 3.63) is 83.4 Å². The lowest BCUT2D eigenvalue weighted by Gasteiger charge is -2.10. The van der Waals surface area contributed by atoms with Crippen LogP contribution in [0.3, 0.4) is 0 Å². The average molecular weight is 248 g/mol. The van der Waals surface area contributed by atoms with Gasteiger partial charge in [0.15, 0.2) is 0 Å². The van der Waals surface area contributed by atoms with E-state index in [-0.39, 0.29) is 0 Å². The summed E-state index contributed by atoms with van der Waals surface area (Å²) in [5.74, 6) is 0. The molecule has 0 aliphatic heterocycles. The van der Waals surface area contributed by atoms with E-state index < -0.39 is 0 Å². The number of hydrogen-bond donors (Lipinski definition) is 0. The summed E-state index contributed by atoms with van der Waals surface area (Å²) in [6, 6.07) is 14.9. The minimum Gasteiger partial charge on any atom is -0.0985 e. The molecular formula is C19H20. The zero-order valence-corrected chi connectivity index (χ0v) is 11.5. The van der Waals surface area contributed by atoms with Crippen LogP contribution in [0, 0.1) is 6.92 Å². The van der Waals surface area contributed by atoms with Crippen LogP contribution in [0.5, 0.6) is 0 Å². The van der Waals surface area contributed by atoms with E-state index in [1.807, 2.05) is 12.2 Å². The zero-order chi connectivity index (χ0) is 13.7. The van der Waals surface area contributed by atoms with Crippen LogP contribution in [0.15, 0.2) is 55.6 Å². The predicted molar refractivity (Wildman–Crippen MR) is 85.2 cm³/mol. The van der Waals surface area contributed by atoms with Gasteiger partial charge in [0.1, 0.15) is 0 Å². The van der Waals surface area contributed by atoms with Crippen molar-refractivity contribution in [1.29, 1.82) is 0 Å². The van der Waals surface area contributed by atoms with Crippen molar-refractivity contribution in [3.8, 4) is 0 Å². The van der Waals surface area contributed by atoms with Gasteiger partial charge in [-0.3, -0.25) is 0 Å². The molecule has 0 spiro atoms. The third kappa shape index (κ3) is 3.03. The largest absolute Gasteiger partial charge is 0.0985 e. The molecule has 2 rings (SSSR count). The number of benzene rings is 2. The van der Waals surface area contributed by atoms with Crippen LogP contribution in [0.4, 0.5) is 0 Å². The monoisotopic (exact) mass is 248 g/mol. The van der Waals surface area contributed by atoms with E-state index >= 15 is 0 Å². The second kappa shape index (κ2) is 6.19. The molecule has 0 heterocycles. The van der Waals surface area contributed by atoms with Gasteiger partial charge in [-0.05, 0) is 47.6 Å². The van der Waals surface area contributed by atoms with Crippen LogP contribution in [0.2, 0.25) is 0 Å². The summed E-state index contributed by atoms with van der Waals surface area (Å²) in [6.07, 6.45) is 5.96. The highest BCUT2D eigenvalue weighted by Crippen LogP contribution is 2.18. The van der Waals surface area contributed by atoms with E-state index in [2.05, 4.69) is 62.5 Å². The van der Waals surface area contributed by atoms with Crippen LogP contribution in [0.1, 0.15) is 27.8 Å². The quantitative estimate of drug-likeness (QED) is 0.693. The Kier molecular flexibility index (Phi) is 4.35. The van der Waals surface area contributed by atoms with Crippen LogP contribution >= 0.6 is 0 Å². The molecule has 0 saturated heterocycles. The van der Waals surface area contributed by atoms with Gasteiger partial charge >= 0.3 is 0 Å². The summed E-state index contributed by atoms with van der Waals surface area (Å²) < 4.78 is 0. The molecule has 0 radical (unpaired) electrons. The Morgan fingerprint density at radius 3 is 2.11 bits per heavy atom. The molecule has 2 aromatic rings. The molecule has 0 fully saturated rings. The van der Waals surface area contributed by atoms with Crippen molar-refractivity contribution >= 4 is 12.2 Å². The van der Waals surface area contributed by atoms with Crippen LogP contribution in [0.25, 0.3) is 12.2 Å². The Bertz CT molecular complexity index is 591. The maximum atomic E-state index is 3.88. The van der Waals surface area contributed by atoms with Crippen LogP contribution in [-0.2, 0) is 12.8 Å². The molecule has 0 aliphatic carbocycles. The van der Waals surface area contributed by atoms with E-state index in [9.17, 15) is 0 Å². The maximum absolute atomic E-state index is 3.88. The summed E-state index contributed by atoms with van der Waals surface area (Å²) in [5.41, 5.74) is 6.57. The zero-order valence-electron chi connectivity index (χ0n) is 11.5. The summed E-state index contributed by atoms with van der Waals surface area (Å²) in [6.45, 7) is 9.92. The van der Waals surface area contributed by atoms with Crippen molar-refractivity contribution in [1.82, 2.24) is 0 Å². The first-order valence-corrected chi connectivity index (χ1v) is 6.67. The summed E-state index contributed by atoms with van der Waals surface area (Å²) >= 11 is 0. The van der Waals surface area contributed by atoms with Gasteiger partial charge in [0, 0.05) is 0 Å². The van der Waals surface area contributed by atoms with Crippen molar-refractivity contribution in [2.75, 3.05) is 0 Å². The highest BCUT2D eigenvalue weighted by molar-refractivity contribution is 5.54. The molecule has 0 N–H and O–H groups in total. The fraction of sp³-hybridized carbons (Fsp3) is 0.158. The van der Waals surface area contributed by atoms with Crippen molar-refractivity contribution in [2.45, 2.75) is 19.8 Å². The Morgan fingerprint density at radius 2 is 1.37 bits per heavy atom. The fourth-order valence-electron chi connectivity index (χ4n) is 2.43. The Balaban J connectivity index is 2.19. The van der Waals surface area contributed by atoms with Gasteiger partial charge in [0.25, 0.3) is 0 Å². The Hall–Kier alpha value is -2.08. The van der Waals surface area contributed by atoms with E-state index in [0.717, 1.165) is 12.8 Å². The van der Waals surface area contributed by atoms with Crippen LogP contribution in [-0.4, -0.2) is 0 Å². The molecule has 0 heteroatoms. The SMILES string of the molecule is C=Cc1ccccc1CCc1cccc(C=C)c1C. The van der Waals surface area contributed by atoms with Gasteiger partial charge in [-0.2, -0.15) is 0 Å². The van der Waals surface area contributed by atoms with Gasteiger partial charge in [0.2, 0.25) is 0 Å². The summed E-state index contributed by atoms with van der Waals surface area (Å²) in [4.78, 5) is 0. The highest BCUT2D eigenvalue weighted by atomic mass is 14.1. The number of rotatable bonds is 5. The highest BCUT2D eigenvalue weighted by Gasteiger charge is 2.04. The molecule has 0 unspecified atom stereocenters. The summed E-state index contributed by atoms with van der Waals surface area (Å²) in [7, 11) is 0. The maximum Gasteiger partial charge on any atom is -0.0230 e. The fourth-order valence-corrected chi connectivity index (χ4v) is 2.43. The van der Waals surface area contributed by atoms with E-state index in [4.69, 9.17) is 0 Å². The Labute approximate surface area is 116 Å². The lowest BCUT2D eigenvalue weighted by atomic mass is 9.95. The third-order valence-corrected chi connectivity index (χ3v) is 3.65.